The Morgan fingerprint density at radius 2 is 1.63 bits per heavy atom. The first-order chi connectivity index (χ1) is 18.3. The van der Waals surface area contributed by atoms with Gasteiger partial charge in [-0.25, -0.2) is 18.4 Å². The maximum absolute atomic E-state index is 13.3. The van der Waals surface area contributed by atoms with Crippen LogP contribution < -0.4 is 16.6 Å². The molecule has 2 aromatic heterocycles. The lowest BCUT2D eigenvalue weighted by Crippen LogP contribution is -2.30. The van der Waals surface area contributed by atoms with E-state index in [-0.39, 0.29) is 10.7 Å². The van der Waals surface area contributed by atoms with Crippen LogP contribution in [-0.2, 0) is 16.6 Å². The van der Waals surface area contributed by atoms with Crippen LogP contribution in [0, 0.1) is 0 Å². The molecule has 10 heteroatoms. The third-order valence-corrected chi connectivity index (χ3v) is 8.51. The topological polar surface area (TPSA) is 123 Å². The molecule has 3 aromatic carbocycles. The van der Waals surface area contributed by atoms with Crippen molar-refractivity contribution in [2.75, 3.05) is 24.1 Å². The SMILES string of the molecule is CCN(CC)S(=O)(=O)c1cccc(-n2c(N)c(NCc3ccccc3)c3nc(=O)c4ccccc4nc32)c1. The van der Waals surface area contributed by atoms with Gasteiger partial charge in [0.2, 0.25) is 10.0 Å². The maximum atomic E-state index is 13.3. The van der Waals surface area contributed by atoms with Crippen LogP contribution in [0.3, 0.4) is 0 Å². The highest BCUT2D eigenvalue weighted by Crippen LogP contribution is 2.34. The van der Waals surface area contributed by atoms with Gasteiger partial charge in [-0.2, -0.15) is 4.31 Å². The highest BCUT2D eigenvalue weighted by atomic mass is 32.2. The van der Waals surface area contributed by atoms with Crippen LogP contribution >= 0.6 is 0 Å². The zero-order chi connectivity index (χ0) is 26.9. The number of hydrogen-bond acceptors (Lipinski definition) is 7. The normalized spacial score (nSPS) is 11.9. The second-order valence-electron chi connectivity index (χ2n) is 8.74. The molecule has 2 heterocycles. The Labute approximate surface area is 220 Å². The fourth-order valence-corrected chi connectivity index (χ4v) is 6.02. The molecule has 5 aromatic rings. The first kappa shape index (κ1) is 25.4. The lowest BCUT2D eigenvalue weighted by Gasteiger charge is -2.19. The van der Waals surface area contributed by atoms with E-state index in [0.29, 0.717) is 53.1 Å². The average molecular weight is 529 g/mol. The Morgan fingerprint density at radius 3 is 2.37 bits per heavy atom. The van der Waals surface area contributed by atoms with Gasteiger partial charge in [-0.05, 0) is 35.9 Å². The third-order valence-electron chi connectivity index (χ3n) is 6.46. The molecule has 38 heavy (non-hydrogen) atoms. The van der Waals surface area contributed by atoms with Crippen molar-refractivity contribution < 1.29 is 8.42 Å². The quantitative estimate of drug-likeness (QED) is 0.310. The molecule has 3 N–H and O–H groups in total. The number of nitrogen functional groups attached to an aromatic ring is 1. The third kappa shape index (κ3) is 4.48. The molecule has 5 rings (SSSR count). The number of para-hydroxylation sites is 1. The number of aromatic nitrogens is 3. The van der Waals surface area contributed by atoms with E-state index in [2.05, 4.69) is 10.3 Å². The molecule has 0 saturated heterocycles. The van der Waals surface area contributed by atoms with Gasteiger partial charge in [-0.1, -0.05) is 62.4 Å². The van der Waals surface area contributed by atoms with Gasteiger partial charge < -0.3 is 11.1 Å². The molecule has 0 bridgehead atoms. The van der Waals surface area contributed by atoms with Crippen LogP contribution in [0.1, 0.15) is 19.4 Å². The molecule has 0 radical (unpaired) electrons. The van der Waals surface area contributed by atoms with Gasteiger partial charge in [-0.3, -0.25) is 9.36 Å². The molecule has 0 atom stereocenters. The average Bonchev–Trinajstić information content (AvgIpc) is 3.08. The highest BCUT2D eigenvalue weighted by Gasteiger charge is 2.24. The molecule has 0 saturated carbocycles. The number of sulfonamides is 1. The van der Waals surface area contributed by atoms with Crippen molar-refractivity contribution in [3.8, 4) is 5.69 Å². The van der Waals surface area contributed by atoms with Crippen LogP contribution in [0.5, 0.6) is 0 Å². The predicted octanol–water partition coefficient (Wildman–Crippen LogP) is 4.16. The number of benzene rings is 3. The van der Waals surface area contributed by atoms with Crippen molar-refractivity contribution in [3.63, 3.8) is 0 Å². The van der Waals surface area contributed by atoms with E-state index in [4.69, 9.17) is 10.7 Å². The number of nitrogens with two attached hydrogens (primary N) is 1. The Balaban J connectivity index is 1.76. The van der Waals surface area contributed by atoms with Crippen LogP contribution in [0.2, 0.25) is 0 Å². The van der Waals surface area contributed by atoms with Crippen LogP contribution in [0.15, 0.2) is 88.6 Å². The Bertz CT molecular complexity index is 1800. The van der Waals surface area contributed by atoms with Gasteiger partial charge in [0, 0.05) is 19.6 Å². The number of nitrogens with zero attached hydrogens (tertiary/aromatic N) is 4. The van der Waals surface area contributed by atoms with Crippen LogP contribution in [0.25, 0.3) is 27.8 Å². The molecule has 0 spiro atoms. The zero-order valence-electron chi connectivity index (χ0n) is 21.1. The Kier molecular flexibility index (Phi) is 6.83. The summed E-state index contributed by atoms with van der Waals surface area (Å²) in [6.07, 6.45) is 0. The largest absolute Gasteiger partial charge is 0.383 e. The standard InChI is InChI=1S/C28H28N6O3S/c1-3-33(4-2)38(36,37)21-14-10-13-20(17-21)34-26(29)24(30-18-19-11-6-5-7-12-19)25-27(34)31-23-16-9-8-15-22(23)28(35)32-25/h5-17,30H,3-4,18,29H2,1-2H3. The number of fused-ring (bicyclic) bond motifs is 2. The molecule has 0 aliphatic rings. The summed E-state index contributed by atoms with van der Waals surface area (Å²) in [5.74, 6) is 0.267. The first-order valence-corrected chi connectivity index (χ1v) is 13.8. The Hall–Kier alpha value is -4.28. The van der Waals surface area contributed by atoms with E-state index in [1.54, 1.807) is 66.9 Å². The van der Waals surface area contributed by atoms with Crippen LogP contribution in [0.4, 0.5) is 11.5 Å². The Morgan fingerprint density at radius 1 is 0.921 bits per heavy atom. The number of hydrogen-bond donors (Lipinski definition) is 2. The van der Waals surface area contributed by atoms with Gasteiger partial charge in [-0.15, -0.1) is 0 Å². The molecule has 0 unspecified atom stereocenters. The zero-order valence-corrected chi connectivity index (χ0v) is 21.9. The van der Waals surface area contributed by atoms with E-state index in [1.807, 2.05) is 30.3 Å². The van der Waals surface area contributed by atoms with E-state index in [0.717, 1.165) is 5.56 Å². The van der Waals surface area contributed by atoms with E-state index in [9.17, 15) is 13.2 Å². The van der Waals surface area contributed by atoms with Crippen molar-refractivity contribution in [1.82, 2.24) is 18.8 Å². The van der Waals surface area contributed by atoms with E-state index >= 15 is 0 Å². The van der Waals surface area contributed by atoms with E-state index in [1.165, 1.54) is 4.31 Å². The predicted molar refractivity (Wildman–Crippen MR) is 151 cm³/mol. The number of anilines is 2. The summed E-state index contributed by atoms with van der Waals surface area (Å²) in [7, 11) is -3.71. The fraction of sp³-hybridized carbons (Fsp3) is 0.179. The van der Waals surface area contributed by atoms with Gasteiger partial charge in [0.05, 0.1) is 21.5 Å². The van der Waals surface area contributed by atoms with Crippen LogP contribution in [-0.4, -0.2) is 40.3 Å². The summed E-state index contributed by atoms with van der Waals surface area (Å²) >= 11 is 0. The molecule has 0 amide bonds. The van der Waals surface area contributed by atoms with Crippen molar-refractivity contribution in [1.29, 1.82) is 0 Å². The fourth-order valence-electron chi connectivity index (χ4n) is 4.52. The number of rotatable bonds is 8. The summed E-state index contributed by atoms with van der Waals surface area (Å²) in [5, 5.41) is 3.70. The minimum Gasteiger partial charge on any atom is -0.383 e. The monoisotopic (exact) mass is 528 g/mol. The molecule has 0 aliphatic carbocycles. The summed E-state index contributed by atoms with van der Waals surface area (Å²) < 4.78 is 29.6. The second kappa shape index (κ2) is 10.2. The molecular weight excluding hydrogens is 500 g/mol. The minimum absolute atomic E-state index is 0.140. The highest BCUT2D eigenvalue weighted by molar-refractivity contribution is 7.89. The summed E-state index contributed by atoms with van der Waals surface area (Å²) in [5.41, 5.74) is 9.31. The van der Waals surface area contributed by atoms with Gasteiger partial charge in [0.25, 0.3) is 5.56 Å². The van der Waals surface area contributed by atoms with Crippen molar-refractivity contribution in [3.05, 3.63) is 94.8 Å². The number of nitrogens with one attached hydrogen (secondary N) is 1. The lowest BCUT2D eigenvalue weighted by atomic mass is 10.2. The van der Waals surface area contributed by atoms with Gasteiger partial charge in [0.15, 0.2) is 5.65 Å². The maximum Gasteiger partial charge on any atom is 0.279 e. The summed E-state index contributed by atoms with van der Waals surface area (Å²) in [6.45, 7) is 4.74. The van der Waals surface area contributed by atoms with E-state index < -0.39 is 15.6 Å². The smallest absolute Gasteiger partial charge is 0.279 e. The van der Waals surface area contributed by atoms with Crippen molar-refractivity contribution in [2.45, 2.75) is 25.3 Å². The molecule has 9 nitrogen and oxygen atoms in total. The molecule has 0 aliphatic heterocycles. The molecule has 194 valence electrons. The van der Waals surface area contributed by atoms with Crippen molar-refractivity contribution in [2.24, 2.45) is 0 Å². The van der Waals surface area contributed by atoms with Gasteiger partial charge >= 0.3 is 0 Å². The van der Waals surface area contributed by atoms with Crippen molar-refractivity contribution >= 4 is 43.6 Å². The molecular formula is C28H28N6O3S. The van der Waals surface area contributed by atoms with Gasteiger partial charge in [0.1, 0.15) is 17.0 Å². The molecule has 0 fully saturated rings. The lowest BCUT2D eigenvalue weighted by molar-refractivity contribution is 0.445. The second-order valence-corrected chi connectivity index (χ2v) is 10.7. The minimum atomic E-state index is -3.71. The first-order valence-electron chi connectivity index (χ1n) is 12.3. The summed E-state index contributed by atoms with van der Waals surface area (Å²) in [4.78, 5) is 22.4. The summed E-state index contributed by atoms with van der Waals surface area (Å²) in [6, 6.07) is 23.3.